The minimum absolute atomic E-state index is 0.0173. The molecule has 1 aromatic carbocycles. The molecule has 54 heavy (non-hydrogen) atoms. The molecule has 0 radical (unpaired) electrons. The number of nitrogens with two attached hydrogens (primary N) is 1. The number of allylic oxidation sites excluding steroid dienone is 1. The maximum absolute atomic E-state index is 13.4. The summed E-state index contributed by atoms with van der Waals surface area (Å²) in [6.07, 6.45) is 8.93. The Balaban J connectivity index is 0.984. The third kappa shape index (κ3) is 7.79. The first-order valence-electron chi connectivity index (χ1n) is 17.3. The van der Waals surface area contributed by atoms with Crippen LogP contribution in [0.3, 0.4) is 0 Å². The zero-order chi connectivity index (χ0) is 37.9. The maximum atomic E-state index is 13.4. The molecule has 4 amide bonds. The van der Waals surface area contributed by atoms with Gasteiger partial charge in [0.2, 0.25) is 12.5 Å². The van der Waals surface area contributed by atoms with Crippen molar-refractivity contribution < 1.29 is 43.6 Å². The van der Waals surface area contributed by atoms with E-state index in [1.807, 2.05) is 0 Å². The lowest BCUT2D eigenvalue weighted by Gasteiger charge is -2.49. The van der Waals surface area contributed by atoms with E-state index < -0.39 is 29.2 Å². The van der Waals surface area contributed by atoms with Gasteiger partial charge in [0, 0.05) is 41.9 Å². The van der Waals surface area contributed by atoms with E-state index in [1.54, 1.807) is 63.6 Å². The number of thiazole rings is 1. The van der Waals surface area contributed by atoms with Gasteiger partial charge in [-0.25, -0.2) is 9.78 Å². The molecule has 7 rings (SSSR count). The molecule has 0 bridgehead atoms. The maximum Gasteiger partial charge on any atom is 0.352 e. The zero-order valence-electron chi connectivity index (χ0n) is 28.8. The first kappa shape index (κ1) is 36.6. The Morgan fingerprint density at radius 3 is 2.59 bits per heavy atom. The lowest BCUT2D eigenvalue weighted by Crippen LogP contribution is -2.71. The van der Waals surface area contributed by atoms with Gasteiger partial charge in [-0.2, -0.15) is 4.57 Å². The Bertz CT molecular complexity index is 2090. The average Bonchev–Trinajstić information content (AvgIpc) is 3.91. The molecule has 3 aliphatic heterocycles. The van der Waals surface area contributed by atoms with Crippen molar-refractivity contribution >= 4 is 69.2 Å². The van der Waals surface area contributed by atoms with Crippen LogP contribution in [0.15, 0.2) is 82.2 Å². The highest BCUT2D eigenvalue weighted by Gasteiger charge is 2.54. The van der Waals surface area contributed by atoms with E-state index in [1.165, 1.54) is 17.8 Å². The van der Waals surface area contributed by atoms with Crippen molar-refractivity contribution in [1.82, 2.24) is 20.1 Å². The Morgan fingerprint density at radius 1 is 1.13 bits per heavy atom. The zero-order valence-corrected chi connectivity index (χ0v) is 30.5. The van der Waals surface area contributed by atoms with Crippen LogP contribution < -0.4 is 20.9 Å². The number of thioether (sulfide) groups is 1. The number of pyridine rings is 1. The highest BCUT2D eigenvalue weighted by molar-refractivity contribution is 8.00. The van der Waals surface area contributed by atoms with Gasteiger partial charge in [0.25, 0.3) is 17.7 Å². The molecule has 4 aliphatic rings. The minimum atomic E-state index is -1.32. The number of aliphatic carboxylic acids is 1. The van der Waals surface area contributed by atoms with Gasteiger partial charge in [0.05, 0.1) is 5.69 Å². The number of phenolic OH excluding ortho intramolecular Hbond substituents is 1. The molecule has 3 aromatic rings. The first-order valence-corrected chi connectivity index (χ1v) is 19.2. The number of nitrogen functional groups attached to an aromatic ring is 1. The molecular weight excluding hydrogens is 737 g/mol. The van der Waals surface area contributed by atoms with Gasteiger partial charge in [-0.15, -0.1) is 23.1 Å². The van der Waals surface area contributed by atoms with Gasteiger partial charge in [0.15, 0.2) is 23.2 Å². The van der Waals surface area contributed by atoms with Crippen molar-refractivity contribution in [1.29, 1.82) is 0 Å². The van der Waals surface area contributed by atoms with Crippen LogP contribution in [-0.2, 0) is 41.9 Å². The summed E-state index contributed by atoms with van der Waals surface area (Å²) in [5, 5.41) is 30.7. The Morgan fingerprint density at radius 2 is 1.89 bits per heavy atom. The van der Waals surface area contributed by atoms with Gasteiger partial charge in [0.1, 0.15) is 34.7 Å². The van der Waals surface area contributed by atoms with Gasteiger partial charge < -0.3 is 36.3 Å². The number of aromatic nitrogens is 2. The lowest BCUT2D eigenvalue weighted by molar-refractivity contribution is -0.684. The summed E-state index contributed by atoms with van der Waals surface area (Å²) in [6, 6.07) is 9.05. The predicted molar refractivity (Wildman–Crippen MR) is 198 cm³/mol. The Hall–Kier alpha value is -5.75. The van der Waals surface area contributed by atoms with Crippen molar-refractivity contribution in [2.75, 3.05) is 23.3 Å². The standard InChI is InChI=1S/C36H36N8O8S2/c37-36-39-25(19-54-36)28(41-52-23-5-1-2-6-23)31(47)40-29-33(49)44-30(35(50)51)22(18-53-34(29)44)15-21-11-14-43(32(21)48)16-20-9-12-42(13-10-20)17-27(46)38-24-7-3-4-8-26(24)45/h3-4,7-10,12-13,15,19,23,29,34H,1-2,5-6,11,14,16-18H2,(H5-,37,38,39,40,41,45,46,47,50,51)/p+1/b21-15+/t29-,34-/m1/s1. The molecule has 2 atom stereocenters. The number of β-lactam (4-membered cyclic amide) rings is 1. The normalized spacial score (nSPS) is 21.0. The number of hydrogen-bond acceptors (Lipinski definition) is 12. The number of carbonyl (C=O) groups excluding carboxylic acids is 4. The number of phenols is 1. The summed E-state index contributed by atoms with van der Waals surface area (Å²) in [5.41, 5.74) is 7.58. The summed E-state index contributed by atoms with van der Waals surface area (Å²) >= 11 is 2.42. The second-order valence-electron chi connectivity index (χ2n) is 13.2. The fourth-order valence-corrected chi connectivity index (χ4v) is 8.56. The molecule has 3 fully saturated rings. The van der Waals surface area contributed by atoms with Crippen molar-refractivity contribution in [2.45, 2.75) is 62.7 Å². The summed E-state index contributed by atoms with van der Waals surface area (Å²) < 4.78 is 1.67. The molecule has 0 unspecified atom stereocenters. The van der Waals surface area contributed by atoms with Gasteiger partial charge in [-0.1, -0.05) is 17.3 Å². The van der Waals surface area contributed by atoms with Crippen LogP contribution in [0.1, 0.15) is 43.4 Å². The molecule has 16 nitrogen and oxygen atoms in total. The second-order valence-corrected chi connectivity index (χ2v) is 15.1. The third-order valence-corrected chi connectivity index (χ3v) is 11.4. The van der Waals surface area contributed by atoms with Crippen molar-refractivity contribution in [3.05, 3.63) is 88.3 Å². The quantitative estimate of drug-likeness (QED) is 0.0448. The monoisotopic (exact) mass is 773 g/mol. The smallest absolute Gasteiger partial charge is 0.352 e. The number of rotatable bonds is 12. The van der Waals surface area contributed by atoms with Crippen LogP contribution in [0, 0.1) is 0 Å². The van der Waals surface area contributed by atoms with E-state index in [9.17, 15) is 34.2 Å². The number of aromatic hydroxyl groups is 1. The average molecular weight is 774 g/mol. The molecule has 6 N–H and O–H groups in total. The highest BCUT2D eigenvalue weighted by atomic mass is 32.2. The summed E-state index contributed by atoms with van der Waals surface area (Å²) in [6.45, 7) is 0.742. The summed E-state index contributed by atoms with van der Waals surface area (Å²) in [5.74, 6) is -2.99. The first-order chi connectivity index (χ1) is 26.0. The third-order valence-electron chi connectivity index (χ3n) is 9.46. The highest BCUT2D eigenvalue weighted by Crippen LogP contribution is 2.41. The Labute approximate surface area is 317 Å². The number of carboxylic acids is 1. The van der Waals surface area contributed by atoms with E-state index in [0.717, 1.165) is 47.5 Å². The number of benzene rings is 1. The summed E-state index contributed by atoms with van der Waals surface area (Å²) in [4.78, 5) is 77.9. The molecule has 280 valence electrons. The summed E-state index contributed by atoms with van der Waals surface area (Å²) in [7, 11) is 0. The largest absolute Gasteiger partial charge is 0.506 e. The molecule has 1 aliphatic carbocycles. The number of nitrogens with one attached hydrogen (secondary N) is 2. The fraction of sp³-hybridized carbons (Fsp3) is 0.333. The number of carbonyl (C=O) groups is 5. The SMILES string of the molecule is Nc1nc(/C(=N/OC2CCCC2)C(=O)N[C@@H]2C(=O)N3C(C(=O)O)=C(/C=C4\CCN(Cc5cc[n+](CC(=O)Nc6ccccc6O)cc5)C4=O)CS[C@H]23)cs1. The van der Waals surface area contributed by atoms with Crippen LogP contribution in [0.2, 0.25) is 0 Å². The van der Waals surface area contributed by atoms with Crippen LogP contribution >= 0.6 is 23.1 Å². The lowest BCUT2D eigenvalue weighted by atomic mass is 10.0. The van der Waals surface area contributed by atoms with E-state index >= 15 is 0 Å². The number of amides is 4. The van der Waals surface area contributed by atoms with E-state index in [2.05, 4.69) is 20.8 Å². The number of hydrogen-bond donors (Lipinski definition) is 5. The number of para-hydroxylation sites is 2. The van der Waals surface area contributed by atoms with Crippen molar-refractivity contribution in [3.63, 3.8) is 0 Å². The molecular formula is C36H37N8O8S2+. The van der Waals surface area contributed by atoms with Crippen LogP contribution in [0.5, 0.6) is 5.75 Å². The van der Waals surface area contributed by atoms with E-state index in [-0.39, 0.29) is 58.2 Å². The molecule has 0 spiro atoms. The minimum Gasteiger partial charge on any atom is -0.506 e. The van der Waals surface area contributed by atoms with E-state index in [0.29, 0.717) is 36.3 Å². The molecule has 1 saturated carbocycles. The fourth-order valence-electron chi connectivity index (χ4n) is 6.70. The molecule has 2 aromatic heterocycles. The number of fused-ring (bicyclic) bond motifs is 1. The topological polar surface area (TPSA) is 221 Å². The Kier molecular flexibility index (Phi) is 10.6. The van der Waals surface area contributed by atoms with Gasteiger partial charge in [-0.3, -0.25) is 24.1 Å². The van der Waals surface area contributed by atoms with Crippen LogP contribution in [-0.4, -0.2) is 90.1 Å². The van der Waals surface area contributed by atoms with Gasteiger partial charge in [-0.05, 0) is 61.4 Å². The van der Waals surface area contributed by atoms with E-state index in [4.69, 9.17) is 10.6 Å². The van der Waals surface area contributed by atoms with Crippen molar-refractivity contribution in [2.24, 2.45) is 5.16 Å². The number of carboxylic acid groups (broad SMARTS) is 1. The van der Waals surface area contributed by atoms with Crippen LogP contribution in [0.25, 0.3) is 0 Å². The van der Waals surface area contributed by atoms with Crippen molar-refractivity contribution in [3.8, 4) is 5.75 Å². The van der Waals surface area contributed by atoms with Crippen LogP contribution in [0.4, 0.5) is 10.8 Å². The van der Waals surface area contributed by atoms with Gasteiger partial charge >= 0.3 is 5.97 Å². The second kappa shape index (κ2) is 15.7. The molecule has 18 heteroatoms. The number of nitrogens with zero attached hydrogens (tertiary/aromatic N) is 5. The number of oxime groups is 1. The number of anilines is 2. The molecule has 2 saturated heterocycles. The predicted octanol–water partition coefficient (Wildman–Crippen LogP) is 2.12. The number of likely N-dealkylation sites (tertiary alicyclic amines) is 1. The molecule has 5 heterocycles.